The smallest absolute Gasteiger partial charge is 0.123 e. The summed E-state index contributed by atoms with van der Waals surface area (Å²) in [5.74, 6) is 1.90. The highest BCUT2D eigenvalue weighted by atomic mass is 32.2. The van der Waals surface area contributed by atoms with E-state index in [1.807, 2.05) is 24.9 Å². The molecule has 0 aliphatic rings. The first-order chi connectivity index (χ1) is 9.12. The van der Waals surface area contributed by atoms with Gasteiger partial charge in [0.15, 0.2) is 0 Å². The lowest BCUT2D eigenvalue weighted by molar-refractivity contribution is 0.289. The Kier molecular flexibility index (Phi) is 7.28. The van der Waals surface area contributed by atoms with Crippen LogP contribution in [0.4, 0.5) is 0 Å². The first-order valence-electron chi connectivity index (χ1n) is 6.66. The van der Waals surface area contributed by atoms with Gasteiger partial charge in [-0.05, 0) is 26.5 Å². The van der Waals surface area contributed by atoms with Crippen molar-refractivity contribution in [1.82, 2.24) is 5.32 Å². The Balaban J connectivity index is 2.76. The lowest BCUT2D eigenvalue weighted by atomic mass is 10.0. The molecule has 0 saturated heterocycles. The van der Waals surface area contributed by atoms with Crippen molar-refractivity contribution in [3.8, 4) is 5.75 Å². The van der Waals surface area contributed by atoms with Crippen LogP contribution in [0.5, 0.6) is 5.75 Å². The molecule has 2 N–H and O–H groups in total. The van der Waals surface area contributed by atoms with Crippen LogP contribution < -0.4 is 10.1 Å². The van der Waals surface area contributed by atoms with Crippen LogP contribution in [0.15, 0.2) is 18.2 Å². The van der Waals surface area contributed by atoms with E-state index in [1.54, 1.807) is 7.11 Å². The largest absolute Gasteiger partial charge is 0.496 e. The number of methoxy groups -OCH3 is 1. The first-order valence-corrected chi connectivity index (χ1v) is 7.71. The quantitative estimate of drug-likeness (QED) is 0.770. The van der Waals surface area contributed by atoms with E-state index in [4.69, 9.17) is 9.84 Å². The van der Waals surface area contributed by atoms with Gasteiger partial charge < -0.3 is 15.2 Å². The summed E-state index contributed by atoms with van der Waals surface area (Å²) in [5.41, 5.74) is 2.44. The van der Waals surface area contributed by atoms with Gasteiger partial charge in [0.2, 0.25) is 0 Å². The average molecular weight is 283 g/mol. The molecular formula is C15H25NO2S. The minimum atomic E-state index is 0.256. The van der Waals surface area contributed by atoms with E-state index in [9.17, 15) is 0 Å². The topological polar surface area (TPSA) is 41.5 Å². The number of aliphatic hydroxyl groups excluding tert-OH is 1. The van der Waals surface area contributed by atoms with Gasteiger partial charge in [0.05, 0.1) is 7.11 Å². The molecule has 2 atom stereocenters. The van der Waals surface area contributed by atoms with Crippen LogP contribution in [-0.4, -0.2) is 36.9 Å². The summed E-state index contributed by atoms with van der Waals surface area (Å²) in [6, 6.07) is 6.53. The number of aryl methyl sites for hydroxylation is 1. The van der Waals surface area contributed by atoms with Crippen LogP contribution >= 0.6 is 11.8 Å². The third-order valence-corrected chi connectivity index (χ3v) is 4.52. The van der Waals surface area contributed by atoms with E-state index in [1.165, 1.54) is 11.1 Å². The second-order valence-corrected chi connectivity index (χ2v) is 6.21. The number of thioether (sulfide) groups is 1. The van der Waals surface area contributed by atoms with Gasteiger partial charge in [0, 0.05) is 29.2 Å². The lowest BCUT2D eigenvalue weighted by Crippen LogP contribution is -2.21. The molecule has 108 valence electrons. The number of hydrogen-bond donors (Lipinski definition) is 2. The minimum Gasteiger partial charge on any atom is -0.496 e. The van der Waals surface area contributed by atoms with E-state index in [2.05, 4.69) is 31.3 Å². The van der Waals surface area contributed by atoms with Crippen LogP contribution in [-0.2, 0) is 0 Å². The highest BCUT2D eigenvalue weighted by molar-refractivity contribution is 7.99. The van der Waals surface area contributed by atoms with Crippen LogP contribution in [0.1, 0.15) is 30.5 Å². The Morgan fingerprint density at radius 2 is 2.16 bits per heavy atom. The minimum absolute atomic E-state index is 0.256. The molecule has 0 aliphatic heterocycles. The number of rotatable bonds is 8. The number of aliphatic hydroxyl groups is 1. The SMILES string of the molecule is CNC(CSC(C)CCO)c1cc(C)ccc1OC. The summed E-state index contributed by atoms with van der Waals surface area (Å²) in [7, 11) is 3.69. The van der Waals surface area contributed by atoms with Crippen molar-refractivity contribution in [2.75, 3.05) is 26.5 Å². The summed E-state index contributed by atoms with van der Waals surface area (Å²) >= 11 is 1.88. The van der Waals surface area contributed by atoms with Gasteiger partial charge in [0.1, 0.15) is 5.75 Å². The fourth-order valence-corrected chi connectivity index (χ4v) is 3.12. The first kappa shape index (κ1) is 16.3. The van der Waals surface area contributed by atoms with Crippen LogP contribution in [0.3, 0.4) is 0 Å². The number of benzene rings is 1. The number of ether oxygens (including phenoxy) is 1. The monoisotopic (exact) mass is 283 g/mol. The van der Waals surface area contributed by atoms with E-state index in [0.29, 0.717) is 5.25 Å². The maximum Gasteiger partial charge on any atom is 0.123 e. The van der Waals surface area contributed by atoms with Gasteiger partial charge in [0.25, 0.3) is 0 Å². The average Bonchev–Trinajstić information content (AvgIpc) is 2.40. The molecule has 0 fully saturated rings. The fourth-order valence-electron chi connectivity index (χ4n) is 1.98. The predicted octanol–water partition coefficient (Wildman–Crippen LogP) is 2.77. The number of hydrogen-bond acceptors (Lipinski definition) is 4. The van der Waals surface area contributed by atoms with Crippen molar-refractivity contribution >= 4 is 11.8 Å². The summed E-state index contributed by atoms with van der Waals surface area (Å²) < 4.78 is 5.45. The fraction of sp³-hybridized carbons (Fsp3) is 0.600. The van der Waals surface area contributed by atoms with Gasteiger partial charge in [-0.15, -0.1) is 0 Å². The molecule has 0 saturated carbocycles. The van der Waals surface area contributed by atoms with Crippen molar-refractivity contribution < 1.29 is 9.84 Å². The summed E-state index contributed by atoms with van der Waals surface area (Å²) in [6.07, 6.45) is 0.839. The normalized spacial score (nSPS) is 14.2. The Morgan fingerprint density at radius 1 is 1.42 bits per heavy atom. The maximum absolute atomic E-state index is 8.95. The maximum atomic E-state index is 8.95. The van der Waals surface area contributed by atoms with Gasteiger partial charge in [-0.3, -0.25) is 0 Å². The van der Waals surface area contributed by atoms with E-state index >= 15 is 0 Å². The second kappa shape index (κ2) is 8.46. The van der Waals surface area contributed by atoms with Crippen molar-refractivity contribution in [2.45, 2.75) is 31.6 Å². The van der Waals surface area contributed by atoms with Crippen LogP contribution in [0.25, 0.3) is 0 Å². The molecule has 0 radical (unpaired) electrons. The molecular weight excluding hydrogens is 258 g/mol. The highest BCUT2D eigenvalue weighted by Crippen LogP contribution is 2.29. The zero-order chi connectivity index (χ0) is 14.3. The molecule has 1 aromatic carbocycles. The van der Waals surface area contributed by atoms with E-state index < -0.39 is 0 Å². The van der Waals surface area contributed by atoms with Crippen LogP contribution in [0.2, 0.25) is 0 Å². The van der Waals surface area contributed by atoms with Gasteiger partial charge in [-0.2, -0.15) is 11.8 Å². The molecule has 3 nitrogen and oxygen atoms in total. The molecule has 0 amide bonds. The molecule has 0 spiro atoms. The second-order valence-electron chi connectivity index (χ2n) is 4.74. The van der Waals surface area contributed by atoms with Crippen LogP contribution in [0, 0.1) is 6.92 Å². The van der Waals surface area contributed by atoms with E-state index in [-0.39, 0.29) is 12.6 Å². The zero-order valence-electron chi connectivity index (χ0n) is 12.3. The third kappa shape index (κ3) is 5.05. The lowest BCUT2D eigenvalue weighted by Gasteiger charge is -2.21. The summed E-state index contributed by atoms with van der Waals surface area (Å²) in [4.78, 5) is 0. The van der Waals surface area contributed by atoms with Gasteiger partial charge >= 0.3 is 0 Å². The molecule has 4 heteroatoms. The molecule has 1 aromatic rings. The van der Waals surface area contributed by atoms with E-state index in [0.717, 1.165) is 17.9 Å². The molecule has 1 rings (SSSR count). The number of nitrogens with one attached hydrogen (secondary N) is 1. The molecule has 0 aromatic heterocycles. The zero-order valence-corrected chi connectivity index (χ0v) is 13.1. The Bertz CT molecular complexity index is 384. The van der Waals surface area contributed by atoms with Crippen molar-refractivity contribution in [2.24, 2.45) is 0 Å². The molecule has 0 bridgehead atoms. The Labute approximate surface area is 120 Å². The van der Waals surface area contributed by atoms with Gasteiger partial charge in [-0.1, -0.05) is 24.6 Å². The summed E-state index contributed by atoms with van der Waals surface area (Å²) in [6.45, 7) is 4.50. The summed E-state index contributed by atoms with van der Waals surface area (Å²) in [5, 5.41) is 12.8. The molecule has 19 heavy (non-hydrogen) atoms. The highest BCUT2D eigenvalue weighted by Gasteiger charge is 2.16. The van der Waals surface area contributed by atoms with Crippen molar-refractivity contribution in [3.63, 3.8) is 0 Å². The Morgan fingerprint density at radius 3 is 2.74 bits per heavy atom. The Hall–Kier alpha value is -0.710. The van der Waals surface area contributed by atoms with Gasteiger partial charge in [-0.25, -0.2) is 0 Å². The third-order valence-electron chi connectivity index (χ3n) is 3.19. The predicted molar refractivity (Wildman–Crippen MR) is 83.2 cm³/mol. The molecule has 2 unspecified atom stereocenters. The van der Waals surface area contributed by atoms with Crippen molar-refractivity contribution in [3.05, 3.63) is 29.3 Å². The van der Waals surface area contributed by atoms with Crippen molar-refractivity contribution in [1.29, 1.82) is 0 Å². The molecule has 0 aliphatic carbocycles. The molecule has 0 heterocycles. The standard InChI is InChI=1S/C15H25NO2S/c1-11-5-6-15(18-4)13(9-11)14(16-3)10-19-12(2)7-8-17/h5-6,9,12,14,16-17H,7-8,10H2,1-4H3.